The van der Waals surface area contributed by atoms with Gasteiger partial charge in [0, 0.05) is 16.4 Å². The van der Waals surface area contributed by atoms with Gasteiger partial charge in [-0.2, -0.15) is 0 Å². The van der Waals surface area contributed by atoms with Gasteiger partial charge in [0.1, 0.15) is 0 Å². The zero-order chi connectivity index (χ0) is 13.3. The third kappa shape index (κ3) is 2.49. The van der Waals surface area contributed by atoms with Gasteiger partial charge in [0.25, 0.3) is 0 Å². The molecule has 0 unspecified atom stereocenters. The van der Waals surface area contributed by atoms with Crippen LogP contribution in [-0.2, 0) is 7.05 Å². The van der Waals surface area contributed by atoms with Crippen LogP contribution >= 0.6 is 27.7 Å². The van der Waals surface area contributed by atoms with Crippen molar-refractivity contribution in [3.8, 4) is 0 Å². The van der Waals surface area contributed by atoms with E-state index in [0.29, 0.717) is 10.1 Å². The van der Waals surface area contributed by atoms with Gasteiger partial charge in [0.15, 0.2) is 5.16 Å². The Kier molecular flexibility index (Phi) is 3.58. The molecular formula is C10H8BrN3O3S. The topological polar surface area (TPSA) is 88.0 Å². The Bertz CT molecular complexity index is 665. The monoisotopic (exact) mass is 329 g/mol. The summed E-state index contributed by atoms with van der Waals surface area (Å²) in [5.74, 6) is -1.02. The predicted molar refractivity (Wildman–Crippen MR) is 69.1 cm³/mol. The van der Waals surface area contributed by atoms with Crippen molar-refractivity contribution in [2.24, 2.45) is 7.05 Å². The van der Waals surface area contributed by atoms with E-state index in [4.69, 9.17) is 5.11 Å². The summed E-state index contributed by atoms with van der Waals surface area (Å²) in [6, 6.07) is 4.82. The van der Waals surface area contributed by atoms with Crippen LogP contribution in [-0.4, -0.2) is 25.8 Å². The summed E-state index contributed by atoms with van der Waals surface area (Å²) in [4.78, 5) is 22.8. The first-order chi connectivity index (χ1) is 8.49. The Morgan fingerprint density at radius 3 is 2.83 bits per heavy atom. The van der Waals surface area contributed by atoms with E-state index in [9.17, 15) is 9.59 Å². The van der Waals surface area contributed by atoms with Gasteiger partial charge in [-0.15, -0.1) is 5.10 Å². The largest absolute Gasteiger partial charge is 0.478 e. The number of rotatable bonds is 3. The highest BCUT2D eigenvalue weighted by Crippen LogP contribution is 2.30. The third-order valence-electron chi connectivity index (χ3n) is 2.21. The van der Waals surface area contributed by atoms with Crippen LogP contribution in [0.15, 0.2) is 37.5 Å². The number of nitrogens with one attached hydrogen (secondary N) is 1. The van der Waals surface area contributed by atoms with Gasteiger partial charge >= 0.3 is 11.7 Å². The number of H-pyrrole nitrogens is 1. The maximum atomic E-state index is 11.2. The zero-order valence-electron chi connectivity index (χ0n) is 9.18. The molecule has 2 aromatic rings. The van der Waals surface area contributed by atoms with Gasteiger partial charge in [-0.1, -0.05) is 15.9 Å². The molecule has 0 saturated carbocycles. The van der Waals surface area contributed by atoms with Crippen molar-refractivity contribution in [2.45, 2.75) is 10.1 Å². The Labute approximate surface area is 114 Å². The number of carbonyl (C=O) groups is 1. The Morgan fingerprint density at radius 1 is 1.56 bits per heavy atom. The van der Waals surface area contributed by atoms with Gasteiger partial charge in [-0.05, 0) is 30.0 Å². The number of aromatic nitrogens is 3. The molecule has 1 aromatic heterocycles. The molecule has 2 N–H and O–H groups in total. The maximum Gasteiger partial charge on any atom is 0.343 e. The van der Waals surface area contributed by atoms with E-state index in [1.165, 1.54) is 10.6 Å². The van der Waals surface area contributed by atoms with Crippen molar-refractivity contribution >= 4 is 33.7 Å². The van der Waals surface area contributed by atoms with E-state index in [-0.39, 0.29) is 11.3 Å². The number of aromatic carboxylic acids is 1. The van der Waals surface area contributed by atoms with Crippen LogP contribution < -0.4 is 5.69 Å². The fourth-order valence-corrected chi connectivity index (χ4v) is 2.75. The minimum atomic E-state index is -1.02. The number of carboxylic acids is 1. The quantitative estimate of drug-likeness (QED) is 0.895. The molecule has 0 radical (unpaired) electrons. The molecule has 0 aliphatic rings. The predicted octanol–water partition coefficient (Wildman–Crippen LogP) is 1.72. The average Bonchev–Trinajstić information content (AvgIpc) is 2.61. The van der Waals surface area contributed by atoms with E-state index in [1.807, 2.05) is 0 Å². The van der Waals surface area contributed by atoms with Crippen LogP contribution in [0.1, 0.15) is 10.4 Å². The highest BCUT2D eigenvalue weighted by molar-refractivity contribution is 9.10. The summed E-state index contributed by atoms with van der Waals surface area (Å²) < 4.78 is 2.08. The second-order valence-electron chi connectivity index (χ2n) is 3.42. The fraction of sp³-hybridized carbons (Fsp3) is 0.100. The standard InChI is InChI=1S/C10H8BrN3O3S/c1-14-9(17)12-13-10(14)18-7-4-5(11)2-3-6(7)8(15)16/h2-4H,1H3,(H,12,17)(H,15,16). The van der Waals surface area contributed by atoms with Crippen LogP contribution in [0.3, 0.4) is 0 Å². The smallest absolute Gasteiger partial charge is 0.343 e. The van der Waals surface area contributed by atoms with Crippen LogP contribution in [0.25, 0.3) is 0 Å². The lowest BCUT2D eigenvalue weighted by Gasteiger charge is -2.05. The summed E-state index contributed by atoms with van der Waals surface area (Å²) in [5, 5.41) is 15.6. The molecule has 1 aromatic carbocycles. The van der Waals surface area contributed by atoms with Gasteiger partial charge < -0.3 is 5.11 Å². The molecule has 2 rings (SSSR count). The molecular weight excluding hydrogens is 322 g/mol. The first kappa shape index (κ1) is 12.9. The fourth-order valence-electron chi connectivity index (χ4n) is 1.28. The van der Waals surface area contributed by atoms with E-state index in [0.717, 1.165) is 16.2 Å². The van der Waals surface area contributed by atoms with Crippen LogP contribution in [0.5, 0.6) is 0 Å². The summed E-state index contributed by atoms with van der Waals surface area (Å²) >= 11 is 4.39. The average molecular weight is 330 g/mol. The van der Waals surface area contributed by atoms with E-state index in [1.54, 1.807) is 19.2 Å². The first-order valence-corrected chi connectivity index (χ1v) is 6.42. The van der Waals surface area contributed by atoms with Crippen molar-refractivity contribution < 1.29 is 9.90 Å². The molecule has 1 heterocycles. The van der Waals surface area contributed by atoms with Gasteiger partial charge in [-0.25, -0.2) is 14.7 Å². The van der Waals surface area contributed by atoms with Gasteiger partial charge in [0.05, 0.1) is 5.56 Å². The van der Waals surface area contributed by atoms with Crippen molar-refractivity contribution in [2.75, 3.05) is 0 Å². The Balaban J connectivity index is 2.45. The SMILES string of the molecule is Cn1c(Sc2cc(Br)ccc2C(=O)O)n[nH]c1=O. The van der Waals surface area contributed by atoms with Crippen molar-refractivity contribution in [3.05, 3.63) is 38.7 Å². The van der Waals surface area contributed by atoms with Gasteiger partial charge in [-0.3, -0.25) is 4.57 Å². The number of hydrogen-bond acceptors (Lipinski definition) is 4. The van der Waals surface area contributed by atoms with Crippen molar-refractivity contribution in [1.82, 2.24) is 14.8 Å². The first-order valence-electron chi connectivity index (χ1n) is 4.81. The van der Waals surface area contributed by atoms with Gasteiger partial charge in [0.2, 0.25) is 0 Å². The minimum Gasteiger partial charge on any atom is -0.478 e. The highest BCUT2D eigenvalue weighted by atomic mass is 79.9. The maximum absolute atomic E-state index is 11.2. The Hall–Kier alpha value is -1.54. The molecule has 0 aliphatic carbocycles. The molecule has 94 valence electrons. The number of halogens is 1. The van der Waals surface area contributed by atoms with E-state index < -0.39 is 5.97 Å². The van der Waals surface area contributed by atoms with Crippen molar-refractivity contribution in [1.29, 1.82) is 0 Å². The molecule has 0 amide bonds. The number of hydrogen-bond donors (Lipinski definition) is 2. The molecule has 0 aliphatic heterocycles. The lowest BCUT2D eigenvalue weighted by molar-refractivity contribution is 0.0693. The van der Waals surface area contributed by atoms with Crippen LogP contribution in [0.2, 0.25) is 0 Å². The molecule has 18 heavy (non-hydrogen) atoms. The third-order valence-corrected chi connectivity index (χ3v) is 3.81. The normalized spacial score (nSPS) is 10.6. The number of aromatic amines is 1. The van der Waals surface area contributed by atoms with Crippen LogP contribution in [0.4, 0.5) is 0 Å². The molecule has 0 bridgehead atoms. The molecule has 0 saturated heterocycles. The van der Waals surface area contributed by atoms with E-state index >= 15 is 0 Å². The molecule has 8 heteroatoms. The second kappa shape index (κ2) is 4.99. The Morgan fingerprint density at radius 2 is 2.28 bits per heavy atom. The lowest BCUT2D eigenvalue weighted by atomic mass is 10.2. The summed E-state index contributed by atoms with van der Waals surface area (Å²) in [7, 11) is 1.56. The molecule has 0 atom stereocenters. The molecule has 0 fully saturated rings. The number of nitrogens with zero attached hydrogens (tertiary/aromatic N) is 2. The zero-order valence-corrected chi connectivity index (χ0v) is 11.6. The summed E-state index contributed by atoms with van der Waals surface area (Å²) in [6.07, 6.45) is 0. The van der Waals surface area contributed by atoms with Crippen LogP contribution in [0, 0.1) is 0 Å². The van der Waals surface area contributed by atoms with Crippen molar-refractivity contribution in [3.63, 3.8) is 0 Å². The lowest BCUT2D eigenvalue weighted by Crippen LogP contribution is -2.12. The number of carboxylic acid groups (broad SMARTS) is 1. The summed E-state index contributed by atoms with van der Waals surface area (Å²) in [5.41, 5.74) is -0.178. The molecule has 0 spiro atoms. The van der Waals surface area contributed by atoms with E-state index in [2.05, 4.69) is 26.1 Å². The second-order valence-corrected chi connectivity index (χ2v) is 5.34. The number of benzene rings is 1. The summed E-state index contributed by atoms with van der Waals surface area (Å²) in [6.45, 7) is 0. The minimum absolute atomic E-state index is 0.165. The molecule has 6 nitrogen and oxygen atoms in total. The highest BCUT2D eigenvalue weighted by Gasteiger charge is 2.14.